The standard InChI is InChI=1S/C22H24/c1-17-8-10-21(11-9-17)22-14-12-20(13-15-22)18(2)16-19-6-4-3-5-7-19/h3-4,6,8-15,18H,5,7,16H2,1-2H3. The predicted molar refractivity (Wildman–Crippen MR) is 96.1 cm³/mol. The maximum absolute atomic E-state index is 2.33. The summed E-state index contributed by atoms with van der Waals surface area (Å²) in [6.07, 6.45) is 10.3. The summed E-state index contributed by atoms with van der Waals surface area (Å²) in [7, 11) is 0. The lowest BCUT2D eigenvalue weighted by Gasteiger charge is -2.16. The van der Waals surface area contributed by atoms with Gasteiger partial charge in [-0.25, -0.2) is 0 Å². The van der Waals surface area contributed by atoms with Crippen molar-refractivity contribution in [3.8, 4) is 11.1 Å². The Bertz CT molecular complexity index is 669. The molecule has 0 aliphatic heterocycles. The molecule has 1 aliphatic carbocycles. The van der Waals surface area contributed by atoms with Gasteiger partial charge in [0.2, 0.25) is 0 Å². The normalized spacial score (nSPS) is 15.5. The number of allylic oxidation sites excluding steroid dienone is 4. The van der Waals surface area contributed by atoms with E-state index < -0.39 is 0 Å². The minimum Gasteiger partial charge on any atom is -0.0842 e. The first kappa shape index (κ1) is 14.8. The van der Waals surface area contributed by atoms with Crippen LogP contribution in [0.15, 0.2) is 72.3 Å². The van der Waals surface area contributed by atoms with Crippen molar-refractivity contribution >= 4 is 0 Å². The monoisotopic (exact) mass is 288 g/mol. The third-order valence-corrected chi connectivity index (χ3v) is 4.53. The average Bonchev–Trinajstić information content (AvgIpc) is 2.57. The Kier molecular flexibility index (Phi) is 4.58. The summed E-state index contributed by atoms with van der Waals surface area (Å²) in [5, 5.41) is 0. The summed E-state index contributed by atoms with van der Waals surface area (Å²) in [6.45, 7) is 4.46. The van der Waals surface area contributed by atoms with Crippen molar-refractivity contribution in [1.82, 2.24) is 0 Å². The van der Waals surface area contributed by atoms with Crippen molar-refractivity contribution in [2.45, 2.75) is 39.0 Å². The van der Waals surface area contributed by atoms with Gasteiger partial charge in [0.15, 0.2) is 0 Å². The molecule has 0 amide bonds. The first-order valence-electron chi connectivity index (χ1n) is 8.24. The van der Waals surface area contributed by atoms with Gasteiger partial charge in [-0.2, -0.15) is 0 Å². The second-order valence-electron chi connectivity index (χ2n) is 6.38. The molecule has 0 saturated carbocycles. The van der Waals surface area contributed by atoms with Crippen molar-refractivity contribution in [2.24, 2.45) is 0 Å². The Hall–Kier alpha value is -2.08. The molecule has 0 N–H and O–H groups in total. The van der Waals surface area contributed by atoms with Crippen LogP contribution in [0.2, 0.25) is 0 Å². The largest absolute Gasteiger partial charge is 0.0842 e. The molecular formula is C22H24. The van der Waals surface area contributed by atoms with E-state index in [2.05, 4.69) is 80.6 Å². The number of hydrogen-bond donors (Lipinski definition) is 0. The summed E-state index contributed by atoms with van der Waals surface area (Å²) in [4.78, 5) is 0. The van der Waals surface area contributed by atoms with E-state index >= 15 is 0 Å². The van der Waals surface area contributed by atoms with Crippen LogP contribution in [-0.2, 0) is 0 Å². The molecule has 22 heavy (non-hydrogen) atoms. The second-order valence-corrected chi connectivity index (χ2v) is 6.38. The lowest BCUT2D eigenvalue weighted by Crippen LogP contribution is -1.97. The zero-order valence-electron chi connectivity index (χ0n) is 13.5. The average molecular weight is 288 g/mol. The van der Waals surface area contributed by atoms with Crippen LogP contribution in [0.3, 0.4) is 0 Å². The van der Waals surface area contributed by atoms with Crippen LogP contribution in [0.25, 0.3) is 11.1 Å². The highest BCUT2D eigenvalue weighted by Gasteiger charge is 2.09. The van der Waals surface area contributed by atoms with Crippen LogP contribution in [0.1, 0.15) is 43.2 Å². The molecular weight excluding hydrogens is 264 g/mol. The zero-order chi connectivity index (χ0) is 15.4. The molecule has 0 radical (unpaired) electrons. The molecule has 3 rings (SSSR count). The number of aryl methyl sites for hydroxylation is 1. The molecule has 2 aromatic rings. The van der Waals surface area contributed by atoms with Crippen LogP contribution >= 0.6 is 0 Å². The van der Waals surface area contributed by atoms with Crippen molar-refractivity contribution in [3.05, 3.63) is 83.5 Å². The van der Waals surface area contributed by atoms with Crippen LogP contribution in [0, 0.1) is 6.92 Å². The Morgan fingerprint density at radius 3 is 2.14 bits per heavy atom. The SMILES string of the molecule is Cc1ccc(-c2ccc(C(C)CC3=CC=CCC3)cc2)cc1. The molecule has 0 heteroatoms. The summed E-state index contributed by atoms with van der Waals surface area (Å²) < 4.78 is 0. The molecule has 0 spiro atoms. The van der Waals surface area contributed by atoms with Crippen LogP contribution in [0.5, 0.6) is 0 Å². The molecule has 0 fully saturated rings. The number of benzene rings is 2. The van der Waals surface area contributed by atoms with Crippen molar-refractivity contribution in [1.29, 1.82) is 0 Å². The highest BCUT2D eigenvalue weighted by Crippen LogP contribution is 2.29. The van der Waals surface area contributed by atoms with E-state index in [-0.39, 0.29) is 0 Å². The zero-order valence-corrected chi connectivity index (χ0v) is 13.5. The lowest BCUT2D eigenvalue weighted by molar-refractivity contribution is 0.717. The van der Waals surface area contributed by atoms with Crippen molar-refractivity contribution < 1.29 is 0 Å². The molecule has 1 aliphatic rings. The van der Waals surface area contributed by atoms with E-state index in [4.69, 9.17) is 0 Å². The maximum atomic E-state index is 2.33. The van der Waals surface area contributed by atoms with Gasteiger partial charge in [-0.1, -0.05) is 84.8 Å². The Balaban J connectivity index is 1.72. The van der Waals surface area contributed by atoms with Crippen LogP contribution in [0.4, 0.5) is 0 Å². The quantitative estimate of drug-likeness (QED) is 0.608. The van der Waals surface area contributed by atoms with Gasteiger partial charge in [0.1, 0.15) is 0 Å². The molecule has 0 nitrogen and oxygen atoms in total. The topological polar surface area (TPSA) is 0 Å². The van der Waals surface area contributed by atoms with Gasteiger partial charge in [-0.3, -0.25) is 0 Å². The Labute approximate surface area is 134 Å². The number of hydrogen-bond acceptors (Lipinski definition) is 0. The summed E-state index contributed by atoms with van der Waals surface area (Å²) in [6, 6.07) is 17.8. The van der Waals surface area contributed by atoms with Crippen LogP contribution < -0.4 is 0 Å². The minimum absolute atomic E-state index is 0.588. The van der Waals surface area contributed by atoms with Gasteiger partial charge in [-0.05, 0) is 48.8 Å². The molecule has 112 valence electrons. The highest BCUT2D eigenvalue weighted by atomic mass is 14.1. The third-order valence-electron chi connectivity index (χ3n) is 4.53. The van der Waals surface area contributed by atoms with E-state index in [0.717, 1.165) is 0 Å². The summed E-state index contributed by atoms with van der Waals surface area (Å²) in [5.41, 5.74) is 6.92. The van der Waals surface area contributed by atoms with Gasteiger partial charge in [0, 0.05) is 0 Å². The van der Waals surface area contributed by atoms with E-state index in [0.29, 0.717) is 5.92 Å². The molecule has 1 atom stereocenters. The lowest BCUT2D eigenvalue weighted by atomic mass is 9.89. The fraction of sp³-hybridized carbons (Fsp3) is 0.273. The molecule has 0 saturated heterocycles. The summed E-state index contributed by atoms with van der Waals surface area (Å²) >= 11 is 0. The first-order chi connectivity index (χ1) is 10.7. The predicted octanol–water partition coefficient (Wildman–Crippen LogP) is 6.43. The summed E-state index contributed by atoms with van der Waals surface area (Å²) in [5.74, 6) is 0.588. The van der Waals surface area contributed by atoms with Gasteiger partial charge >= 0.3 is 0 Å². The fourth-order valence-electron chi connectivity index (χ4n) is 3.08. The van der Waals surface area contributed by atoms with Crippen molar-refractivity contribution in [2.75, 3.05) is 0 Å². The van der Waals surface area contributed by atoms with E-state index in [1.165, 1.54) is 41.5 Å². The minimum atomic E-state index is 0.588. The van der Waals surface area contributed by atoms with Gasteiger partial charge in [0.05, 0.1) is 0 Å². The van der Waals surface area contributed by atoms with Gasteiger partial charge < -0.3 is 0 Å². The molecule has 1 unspecified atom stereocenters. The molecule has 0 heterocycles. The van der Waals surface area contributed by atoms with E-state index in [9.17, 15) is 0 Å². The maximum Gasteiger partial charge on any atom is -0.0153 e. The Morgan fingerprint density at radius 2 is 1.55 bits per heavy atom. The molecule has 2 aromatic carbocycles. The van der Waals surface area contributed by atoms with Gasteiger partial charge in [0.25, 0.3) is 0 Å². The third kappa shape index (κ3) is 3.57. The van der Waals surface area contributed by atoms with E-state index in [1.807, 2.05) is 0 Å². The number of rotatable bonds is 4. The Morgan fingerprint density at radius 1 is 0.909 bits per heavy atom. The van der Waals surface area contributed by atoms with Gasteiger partial charge in [-0.15, -0.1) is 0 Å². The molecule has 0 bridgehead atoms. The van der Waals surface area contributed by atoms with Crippen LogP contribution in [-0.4, -0.2) is 0 Å². The van der Waals surface area contributed by atoms with E-state index in [1.54, 1.807) is 5.57 Å². The first-order valence-corrected chi connectivity index (χ1v) is 8.24. The second kappa shape index (κ2) is 6.79. The molecule has 0 aromatic heterocycles. The van der Waals surface area contributed by atoms with Crippen molar-refractivity contribution in [3.63, 3.8) is 0 Å². The highest BCUT2D eigenvalue weighted by molar-refractivity contribution is 5.64. The smallest absolute Gasteiger partial charge is 0.0153 e. The fourth-order valence-corrected chi connectivity index (χ4v) is 3.08.